The normalized spacial score (nSPS) is 18.3. The van der Waals surface area contributed by atoms with Gasteiger partial charge < -0.3 is 9.64 Å². The zero-order valence-corrected chi connectivity index (χ0v) is 15.7. The minimum absolute atomic E-state index is 0.195. The van der Waals surface area contributed by atoms with Crippen LogP contribution in [0.5, 0.6) is 5.75 Å². The van der Waals surface area contributed by atoms with Gasteiger partial charge in [0, 0.05) is 13.1 Å². The van der Waals surface area contributed by atoms with Crippen LogP contribution in [-0.4, -0.2) is 52.2 Å². The Balaban J connectivity index is 2.23. The molecule has 0 spiro atoms. The van der Waals surface area contributed by atoms with E-state index in [1.165, 1.54) is 13.2 Å². The number of carbonyl (C=O) groups is 1. The zero-order chi connectivity index (χ0) is 17.9. The molecule has 0 saturated carbocycles. The minimum Gasteiger partial charge on any atom is -0.495 e. The molecule has 134 valence electrons. The number of nitrogens with zero attached hydrogens (tertiary/aromatic N) is 2. The van der Waals surface area contributed by atoms with E-state index in [4.69, 9.17) is 16.3 Å². The molecule has 1 aromatic rings. The van der Waals surface area contributed by atoms with Crippen LogP contribution >= 0.6 is 11.6 Å². The number of piperidine rings is 1. The van der Waals surface area contributed by atoms with Crippen molar-refractivity contribution in [3.63, 3.8) is 0 Å². The van der Waals surface area contributed by atoms with Crippen molar-refractivity contribution in [3.8, 4) is 5.75 Å². The van der Waals surface area contributed by atoms with Crippen LogP contribution in [0.4, 0.5) is 5.69 Å². The topological polar surface area (TPSA) is 66.9 Å². The largest absolute Gasteiger partial charge is 0.495 e. The summed E-state index contributed by atoms with van der Waals surface area (Å²) < 4.78 is 30.5. The molecule has 1 fully saturated rings. The van der Waals surface area contributed by atoms with Gasteiger partial charge in [0.25, 0.3) is 0 Å². The van der Waals surface area contributed by atoms with Gasteiger partial charge in [0.2, 0.25) is 15.9 Å². The van der Waals surface area contributed by atoms with Gasteiger partial charge in [0.15, 0.2) is 0 Å². The third-order valence-corrected chi connectivity index (χ3v) is 5.55. The second-order valence-corrected chi connectivity index (χ2v) is 8.49. The first kappa shape index (κ1) is 18.9. The summed E-state index contributed by atoms with van der Waals surface area (Å²) in [6.45, 7) is 3.20. The lowest BCUT2D eigenvalue weighted by Crippen LogP contribution is -2.46. The Hall–Kier alpha value is -1.47. The number of hydrogen-bond donors (Lipinski definition) is 0. The fourth-order valence-electron chi connectivity index (χ4n) is 2.85. The lowest BCUT2D eigenvalue weighted by atomic mass is 10.0. The second-order valence-electron chi connectivity index (χ2n) is 6.18. The number of ether oxygens (including phenoxy) is 1. The van der Waals surface area contributed by atoms with Crippen LogP contribution in [0, 0.1) is 5.92 Å². The molecule has 0 aromatic heterocycles. The van der Waals surface area contributed by atoms with Gasteiger partial charge in [0.05, 0.1) is 24.1 Å². The highest BCUT2D eigenvalue weighted by Gasteiger charge is 2.27. The summed E-state index contributed by atoms with van der Waals surface area (Å²) in [4.78, 5) is 14.3. The highest BCUT2D eigenvalue weighted by molar-refractivity contribution is 7.92. The fourth-order valence-corrected chi connectivity index (χ4v) is 3.94. The SMILES string of the molecule is COc1ccc(N(CC(=O)N2CCC[C@H](C)C2)S(C)(=O)=O)cc1Cl. The van der Waals surface area contributed by atoms with Gasteiger partial charge in [0.1, 0.15) is 12.3 Å². The summed E-state index contributed by atoms with van der Waals surface area (Å²) in [5.74, 6) is 0.689. The number of anilines is 1. The maximum atomic E-state index is 12.5. The van der Waals surface area contributed by atoms with Crippen LogP contribution in [0.25, 0.3) is 0 Å². The molecule has 1 saturated heterocycles. The van der Waals surface area contributed by atoms with E-state index in [1.807, 2.05) is 0 Å². The lowest BCUT2D eigenvalue weighted by Gasteiger charge is -2.33. The molecule has 2 rings (SSSR count). The Kier molecular flexibility index (Phi) is 5.98. The third-order valence-electron chi connectivity index (χ3n) is 4.11. The maximum Gasteiger partial charge on any atom is 0.243 e. The lowest BCUT2D eigenvalue weighted by molar-refractivity contribution is -0.131. The summed E-state index contributed by atoms with van der Waals surface area (Å²) in [7, 11) is -2.13. The van der Waals surface area contributed by atoms with Crippen LogP contribution in [0.15, 0.2) is 18.2 Å². The molecule has 1 aromatic carbocycles. The quantitative estimate of drug-likeness (QED) is 0.793. The second kappa shape index (κ2) is 7.61. The van der Waals surface area contributed by atoms with Crippen molar-refractivity contribution in [2.24, 2.45) is 5.92 Å². The Labute approximate surface area is 148 Å². The van der Waals surface area contributed by atoms with Gasteiger partial charge in [-0.25, -0.2) is 8.42 Å². The highest BCUT2D eigenvalue weighted by Crippen LogP contribution is 2.30. The van der Waals surface area contributed by atoms with E-state index in [0.717, 1.165) is 23.4 Å². The van der Waals surface area contributed by atoms with E-state index in [9.17, 15) is 13.2 Å². The number of sulfonamides is 1. The maximum absolute atomic E-state index is 12.5. The predicted molar refractivity (Wildman–Crippen MR) is 95.2 cm³/mol. The molecule has 1 aliphatic rings. The van der Waals surface area contributed by atoms with Gasteiger partial charge in [-0.1, -0.05) is 18.5 Å². The number of hydrogen-bond acceptors (Lipinski definition) is 4. The average Bonchev–Trinajstić information content (AvgIpc) is 2.51. The first-order chi connectivity index (χ1) is 11.2. The molecule has 0 N–H and O–H groups in total. The average molecular weight is 375 g/mol. The molecule has 6 nitrogen and oxygen atoms in total. The van der Waals surface area contributed by atoms with E-state index in [1.54, 1.807) is 17.0 Å². The van der Waals surface area contributed by atoms with Crippen molar-refractivity contribution in [3.05, 3.63) is 23.2 Å². The molecule has 1 heterocycles. The van der Waals surface area contributed by atoms with Gasteiger partial charge in [-0.05, 0) is 37.0 Å². The van der Waals surface area contributed by atoms with Gasteiger partial charge in [-0.15, -0.1) is 0 Å². The van der Waals surface area contributed by atoms with Crippen molar-refractivity contribution in [1.82, 2.24) is 4.90 Å². The van der Waals surface area contributed by atoms with Crippen molar-refractivity contribution in [1.29, 1.82) is 0 Å². The monoisotopic (exact) mass is 374 g/mol. The molecule has 8 heteroatoms. The Bertz CT molecular complexity index is 708. The van der Waals surface area contributed by atoms with Crippen molar-refractivity contribution >= 4 is 33.2 Å². The van der Waals surface area contributed by atoms with Crippen LogP contribution in [0.1, 0.15) is 19.8 Å². The van der Waals surface area contributed by atoms with E-state index >= 15 is 0 Å². The number of carbonyl (C=O) groups excluding carboxylic acids is 1. The Morgan fingerprint density at radius 3 is 2.71 bits per heavy atom. The van der Waals surface area contributed by atoms with Crippen LogP contribution in [-0.2, 0) is 14.8 Å². The zero-order valence-electron chi connectivity index (χ0n) is 14.2. The summed E-state index contributed by atoms with van der Waals surface area (Å²) in [6.07, 6.45) is 3.12. The molecule has 1 amide bonds. The predicted octanol–water partition coefficient (Wildman–Crippen LogP) is 2.37. The summed E-state index contributed by atoms with van der Waals surface area (Å²) in [6, 6.07) is 4.66. The number of rotatable bonds is 5. The number of likely N-dealkylation sites (tertiary alicyclic amines) is 1. The number of amides is 1. The Morgan fingerprint density at radius 1 is 1.46 bits per heavy atom. The first-order valence-electron chi connectivity index (χ1n) is 7.81. The molecule has 0 bridgehead atoms. The van der Waals surface area contributed by atoms with Gasteiger partial charge >= 0.3 is 0 Å². The standard InChI is InChI=1S/C16H23ClN2O4S/c1-12-5-4-8-18(10-12)16(20)11-19(24(3,21)22)13-6-7-15(23-2)14(17)9-13/h6-7,9,12H,4-5,8,10-11H2,1-3H3/t12-/m0/s1. The Morgan fingerprint density at radius 2 is 2.17 bits per heavy atom. The minimum atomic E-state index is -3.62. The molecule has 0 unspecified atom stereocenters. The molecule has 0 aliphatic carbocycles. The summed E-state index contributed by atoms with van der Waals surface area (Å²) in [5, 5.41) is 0.294. The van der Waals surface area contributed by atoms with Crippen molar-refractivity contribution < 1.29 is 17.9 Å². The van der Waals surface area contributed by atoms with E-state index in [2.05, 4.69) is 6.92 Å². The summed E-state index contributed by atoms with van der Waals surface area (Å²) in [5.41, 5.74) is 0.349. The number of benzene rings is 1. The third kappa shape index (κ3) is 4.54. The fraction of sp³-hybridized carbons (Fsp3) is 0.562. The summed E-state index contributed by atoms with van der Waals surface area (Å²) >= 11 is 6.09. The molecule has 1 atom stereocenters. The van der Waals surface area contributed by atoms with Crippen LogP contribution < -0.4 is 9.04 Å². The molecule has 24 heavy (non-hydrogen) atoms. The van der Waals surface area contributed by atoms with Gasteiger partial charge in [-0.3, -0.25) is 9.10 Å². The number of halogens is 1. The molecule has 1 aliphatic heterocycles. The smallest absolute Gasteiger partial charge is 0.243 e. The van der Waals surface area contributed by atoms with Gasteiger partial charge in [-0.2, -0.15) is 0 Å². The molecule has 0 radical (unpaired) electrons. The van der Waals surface area contributed by atoms with Crippen molar-refractivity contribution in [2.45, 2.75) is 19.8 Å². The number of methoxy groups -OCH3 is 1. The van der Waals surface area contributed by atoms with Crippen molar-refractivity contribution in [2.75, 3.05) is 37.3 Å². The van der Waals surface area contributed by atoms with Crippen LogP contribution in [0.3, 0.4) is 0 Å². The first-order valence-corrected chi connectivity index (χ1v) is 10.0. The molecular formula is C16H23ClN2O4S. The molecular weight excluding hydrogens is 352 g/mol. The highest BCUT2D eigenvalue weighted by atomic mass is 35.5. The van der Waals surface area contributed by atoms with E-state index in [-0.39, 0.29) is 12.5 Å². The van der Waals surface area contributed by atoms with E-state index < -0.39 is 10.0 Å². The van der Waals surface area contributed by atoms with E-state index in [0.29, 0.717) is 35.5 Å². The van der Waals surface area contributed by atoms with Crippen LogP contribution in [0.2, 0.25) is 5.02 Å².